The average Bonchev–Trinajstić information content (AvgIpc) is 1.97. The molecule has 0 aromatic carbocycles. The maximum atomic E-state index is 5.48. The zero-order valence-corrected chi connectivity index (χ0v) is 7.75. The predicted molar refractivity (Wildman–Crippen MR) is 48.2 cm³/mol. The van der Waals surface area contributed by atoms with Crippen molar-refractivity contribution in [1.29, 1.82) is 0 Å². The molecule has 0 saturated carbocycles. The van der Waals surface area contributed by atoms with Gasteiger partial charge in [-0.15, -0.1) is 0 Å². The molecule has 12 heavy (non-hydrogen) atoms. The van der Waals surface area contributed by atoms with Gasteiger partial charge in [0.25, 0.3) is 0 Å². The lowest BCUT2D eigenvalue weighted by Gasteiger charge is -2.37. The first-order valence-corrected chi connectivity index (χ1v) is 4.89. The highest BCUT2D eigenvalue weighted by Gasteiger charge is 2.23. The number of morpholine rings is 1. The van der Waals surface area contributed by atoms with Gasteiger partial charge in [0.2, 0.25) is 0 Å². The van der Waals surface area contributed by atoms with E-state index in [0.29, 0.717) is 6.10 Å². The molecule has 2 rings (SSSR count). The Balaban J connectivity index is 1.71. The summed E-state index contributed by atoms with van der Waals surface area (Å²) in [6.45, 7) is 9.02. The molecular weight excluding hydrogens is 152 g/mol. The Kier molecular flexibility index (Phi) is 2.63. The molecular formula is C9H18N2O. The van der Waals surface area contributed by atoms with Crippen molar-refractivity contribution < 1.29 is 4.74 Å². The molecule has 0 amide bonds. The lowest BCUT2D eigenvalue weighted by Crippen LogP contribution is -2.51. The SMILES string of the molecule is CC1CN(CC2CNC2)CCO1. The van der Waals surface area contributed by atoms with Gasteiger partial charge in [0.05, 0.1) is 12.7 Å². The van der Waals surface area contributed by atoms with Crippen LogP contribution >= 0.6 is 0 Å². The molecule has 3 heteroatoms. The third-order valence-corrected chi connectivity index (χ3v) is 2.71. The summed E-state index contributed by atoms with van der Waals surface area (Å²) < 4.78 is 5.48. The van der Waals surface area contributed by atoms with E-state index in [2.05, 4.69) is 17.1 Å². The van der Waals surface area contributed by atoms with Gasteiger partial charge >= 0.3 is 0 Å². The van der Waals surface area contributed by atoms with E-state index < -0.39 is 0 Å². The fourth-order valence-electron chi connectivity index (χ4n) is 1.90. The lowest BCUT2D eigenvalue weighted by atomic mass is 10.0. The number of nitrogens with one attached hydrogen (secondary N) is 1. The van der Waals surface area contributed by atoms with Gasteiger partial charge in [-0.3, -0.25) is 4.90 Å². The fourth-order valence-corrected chi connectivity index (χ4v) is 1.90. The van der Waals surface area contributed by atoms with Crippen molar-refractivity contribution in [3.05, 3.63) is 0 Å². The quantitative estimate of drug-likeness (QED) is 0.627. The van der Waals surface area contributed by atoms with Gasteiger partial charge in [-0.1, -0.05) is 0 Å². The molecule has 1 atom stereocenters. The fraction of sp³-hybridized carbons (Fsp3) is 1.00. The van der Waals surface area contributed by atoms with Crippen molar-refractivity contribution in [2.24, 2.45) is 5.92 Å². The first kappa shape index (κ1) is 8.48. The number of rotatable bonds is 2. The highest BCUT2D eigenvalue weighted by molar-refractivity contribution is 4.79. The van der Waals surface area contributed by atoms with E-state index in [1.807, 2.05) is 0 Å². The van der Waals surface area contributed by atoms with Gasteiger partial charge in [0.1, 0.15) is 0 Å². The monoisotopic (exact) mass is 170 g/mol. The predicted octanol–water partition coefficient (Wildman–Crippen LogP) is -0.0735. The van der Waals surface area contributed by atoms with Crippen molar-refractivity contribution in [1.82, 2.24) is 10.2 Å². The zero-order valence-electron chi connectivity index (χ0n) is 7.75. The summed E-state index contributed by atoms with van der Waals surface area (Å²) in [5, 5.41) is 3.30. The van der Waals surface area contributed by atoms with Gasteiger partial charge < -0.3 is 10.1 Å². The van der Waals surface area contributed by atoms with Gasteiger partial charge in [-0.25, -0.2) is 0 Å². The second-order valence-electron chi connectivity index (χ2n) is 3.97. The zero-order chi connectivity index (χ0) is 8.39. The molecule has 0 aromatic rings. The Morgan fingerprint density at radius 1 is 1.50 bits per heavy atom. The molecule has 2 aliphatic rings. The van der Waals surface area contributed by atoms with Gasteiger partial charge in [0.15, 0.2) is 0 Å². The minimum atomic E-state index is 0.437. The molecule has 2 heterocycles. The third kappa shape index (κ3) is 1.97. The maximum absolute atomic E-state index is 5.48. The Hall–Kier alpha value is -0.120. The van der Waals surface area contributed by atoms with E-state index >= 15 is 0 Å². The second kappa shape index (κ2) is 3.73. The highest BCUT2D eigenvalue weighted by Crippen LogP contribution is 2.10. The van der Waals surface area contributed by atoms with Crippen LogP contribution in [0.3, 0.4) is 0 Å². The number of ether oxygens (including phenoxy) is 1. The molecule has 0 aromatic heterocycles. The summed E-state index contributed by atoms with van der Waals surface area (Å²) in [5.41, 5.74) is 0. The molecule has 70 valence electrons. The Labute approximate surface area is 74.1 Å². The first-order chi connectivity index (χ1) is 5.84. The highest BCUT2D eigenvalue weighted by atomic mass is 16.5. The third-order valence-electron chi connectivity index (χ3n) is 2.71. The lowest BCUT2D eigenvalue weighted by molar-refractivity contribution is -0.0254. The number of hydrogen-bond donors (Lipinski definition) is 1. The first-order valence-electron chi connectivity index (χ1n) is 4.89. The molecule has 2 aliphatic heterocycles. The standard InChI is InChI=1S/C9H18N2O/c1-8-6-11(2-3-12-8)7-9-4-10-5-9/h8-10H,2-7H2,1H3. The number of nitrogens with zero attached hydrogens (tertiary/aromatic N) is 1. The Morgan fingerprint density at radius 2 is 2.33 bits per heavy atom. The minimum absolute atomic E-state index is 0.437. The molecule has 0 radical (unpaired) electrons. The van der Waals surface area contributed by atoms with Crippen molar-refractivity contribution >= 4 is 0 Å². The van der Waals surface area contributed by atoms with E-state index in [1.54, 1.807) is 0 Å². The van der Waals surface area contributed by atoms with Crippen molar-refractivity contribution in [3.8, 4) is 0 Å². The summed E-state index contributed by atoms with van der Waals surface area (Å²) >= 11 is 0. The molecule has 0 aliphatic carbocycles. The van der Waals surface area contributed by atoms with Crippen LogP contribution in [-0.4, -0.2) is 50.3 Å². The van der Waals surface area contributed by atoms with Crippen LogP contribution in [0.15, 0.2) is 0 Å². The summed E-state index contributed by atoms with van der Waals surface area (Å²) in [6, 6.07) is 0. The van der Waals surface area contributed by atoms with E-state index in [-0.39, 0.29) is 0 Å². The van der Waals surface area contributed by atoms with Crippen LogP contribution in [0.25, 0.3) is 0 Å². The van der Waals surface area contributed by atoms with Crippen LogP contribution in [-0.2, 0) is 4.74 Å². The van der Waals surface area contributed by atoms with Crippen molar-refractivity contribution in [2.45, 2.75) is 13.0 Å². The molecule has 1 unspecified atom stereocenters. The van der Waals surface area contributed by atoms with Crippen LogP contribution in [0.2, 0.25) is 0 Å². The molecule has 3 nitrogen and oxygen atoms in total. The molecule has 0 bridgehead atoms. The molecule has 1 N–H and O–H groups in total. The van der Waals surface area contributed by atoms with Crippen molar-refractivity contribution in [2.75, 3.05) is 39.3 Å². The summed E-state index contributed by atoms with van der Waals surface area (Å²) in [7, 11) is 0. The van der Waals surface area contributed by atoms with Crippen molar-refractivity contribution in [3.63, 3.8) is 0 Å². The van der Waals surface area contributed by atoms with Gasteiger partial charge in [0, 0.05) is 32.7 Å². The second-order valence-corrected chi connectivity index (χ2v) is 3.97. The van der Waals surface area contributed by atoms with Crippen LogP contribution < -0.4 is 5.32 Å². The van der Waals surface area contributed by atoms with E-state index in [9.17, 15) is 0 Å². The Morgan fingerprint density at radius 3 is 2.92 bits per heavy atom. The normalized spacial score (nSPS) is 33.2. The smallest absolute Gasteiger partial charge is 0.0674 e. The molecule has 2 fully saturated rings. The average molecular weight is 170 g/mol. The summed E-state index contributed by atoms with van der Waals surface area (Å²) in [5.74, 6) is 0.898. The topological polar surface area (TPSA) is 24.5 Å². The van der Waals surface area contributed by atoms with E-state index in [1.165, 1.54) is 19.6 Å². The molecule has 0 spiro atoms. The Bertz CT molecular complexity index is 147. The van der Waals surface area contributed by atoms with E-state index in [4.69, 9.17) is 4.74 Å². The molecule has 2 saturated heterocycles. The largest absolute Gasteiger partial charge is 0.376 e. The number of hydrogen-bond acceptors (Lipinski definition) is 3. The van der Waals surface area contributed by atoms with Gasteiger partial charge in [-0.05, 0) is 12.8 Å². The van der Waals surface area contributed by atoms with Crippen LogP contribution in [0.5, 0.6) is 0 Å². The van der Waals surface area contributed by atoms with Gasteiger partial charge in [-0.2, -0.15) is 0 Å². The van der Waals surface area contributed by atoms with Crippen LogP contribution in [0.1, 0.15) is 6.92 Å². The minimum Gasteiger partial charge on any atom is -0.376 e. The maximum Gasteiger partial charge on any atom is 0.0674 e. The van der Waals surface area contributed by atoms with E-state index in [0.717, 1.165) is 25.6 Å². The summed E-state index contributed by atoms with van der Waals surface area (Å²) in [4.78, 5) is 2.53. The van der Waals surface area contributed by atoms with Crippen LogP contribution in [0, 0.1) is 5.92 Å². The summed E-state index contributed by atoms with van der Waals surface area (Å²) in [6.07, 6.45) is 0.437. The van der Waals surface area contributed by atoms with Crippen LogP contribution in [0.4, 0.5) is 0 Å².